The third kappa shape index (κ3) is 7.78. The van der Waals surface area contributed by atoms with Crippen LogP contribution in [0.25, 0.3) is 5.82 Å². The second-order valence-electron chi connectivity index (χ2n) is 6.41. The van der Waals surface area contributed by atoms with Gasteiger partial charge in [-0.1, -0.05) is 0 Å². The van der Waals surface area contributed by atoms with Crippen molar-refractivity contribution in [3.63, 3.8) is 0 Å². The van der Waals surface area contributed by atoms with Crippen molar-refractivity contribution in [1.82, 2.24) is 29.9 Å². The van der Waals surface area contributed by atoms with Crippen molar-refractivity contribution in [3.8, 4) is 17.6 Å². The molecule has 0 unspecified atom stereocenters. The van der Waals surface area contributed by atoms with Crippen molar-refractivity contribution in [1.29, 1.82) is 0 Å². The van der Waals surface area contributed by atoms with Crippen LogP contribution in [0.15, 0.2) is 49.1 Å². The summed E-state index contributed by atoms with van der Waals surface area (Å²) in [4.78, 5) is 29.2. The van der Waals surface area contributed by atoms with Gasteiger partial charge < -0.3 is 18.9 Å². The first kappa shape index (κ1) is 28.3. The van der Waals surface area contributed by atoms with Gasteiger partial charge in [0.15, 0.2) is 5.82 Å². The number of hydrogen-bond donors (Lipinski definition) is 1. The summed E-state index contributed by atoms with van der Waals surface area (Å²) >= 11 is 0. The van der Waals surface area contributed by atoms with E-state index in [1.165, 1.54) is 57.6 Å². The van der Waals surface area contributed by atoms with Crippen LogP contribution in [0.1, 0.15) is 20.7 Å². The predicted octanol–water partition coefficient (Wildman–Crippen LogP) is 2.77. The van der Waals surface area contributed by atoms with Gasteiger partial charge in [0, 0.05) is 0 Å². The molecular weight excluding hydrogens is 501 g/mol. The molecule has 0 aliphatic heterocycles. The number of aromatic nitrogens is 6. The average Bonchev–Trinajstić information content (AvgIpc) is 3.58. The molecule has 4 aromatic rings. The number of ether oxygens (including phenoxy) is 4. The van der Waals surface area contributed by atoms with Gasteiger partial charge >= 0.3 is 11.9 Å². The molecule has 0 atom stereocenters. The highest BCUT2D eigenvalue weighted by atomic mass is 19.1. The lowest BCUT2D eigenvalue weighted by atomic mass is 10.3. The molecule has 37 heavy (non-hydrogen) atoms. The Morgan fingerprint density at radius 2 is 1.41 bits per heavy atom. The largest absolute Gasteiger partial charge is 0.481 e. The minimum atomic E-state index is -0.661. The molecule has 1 N–H and O–H groups in total. The molecule has 0 radical (unpaired) electrons. The third-order valence-electron chi connectivity index (χ3n) is 4.16. The summed E-state index contributed by atoms with van der Waals surface area (Å²) in [6, 6.07) is 4.64. The fourth-order valence-electron chi connectivity index (χ4n) is 2.48. The molecule has 0 aliphatic rings. The number of H-pyrrole nitrogens is 1. The van der Waals surface area contributed by atoms with E-state index in [4.69, 9.17) is 9.47 Å². The Morgan fingerprint density at radius 1 is 0.784 bits per heavy atom. The summed E-state index contributed by atoms with van der Waals surface area (Å²) in [6.45, 7) is 0. The van der Waals surface area contributed by atoms with Gasteiger partial charge in [-0.3, -0.25) is 0 Å². The summed E-state index contributed by atoms with van der Waals surface area (Å²) in [5.74, 6) is -1.84. The van der Waals surface area contributed by atoms with Crippen molar-refractivity contribution in [3.05, 3.63) is 77.8 Å². The monoisotopic (exact) mass is 522 g/mol. The minimum Gasteiger partial charge on any atom is -0.481 e. The van der Waals surface area contributed by atoms with Gasteiger partial charge in [0.25, 0.3) is 0 Å². The number of hydrogen-bond acceptors (Lipinski definition) is 10. The van der Waals surface area contributed by atoms with E-state index in [-0.39, 0.29) is 11.4 Å². The maximum Gasteiger partial charge on any atom is 0.345 e. The second-order valence-corrected chi connectivity index (χ2v) is 6.41. The fraction of sp³-hybridized carbons (Fsp3) is 0.182. The van der Waals surface area contributed by atoms with E-state index in [0.717, 1.165) is 24.5 Å². The second kappa shape index (κ2) is 13.8. The van der Waals surface area contributed by atoms with Crippen LogP contribution in [-0.4, -0.2) is 70.3 Å². The first-order valence-corrected chi connectivity index (χ1v) is 10.0. The Labute approximate surface area is 208 Å². The predicted molar refractivity (Wildman–Crippen MR) is 120 cm³/mol. The minimum absolute atomic E-state index is 0.172. The van der Waals surface area contributed by atoms with Gasteiger partial charge in [-0.15, -0.1) is 0 Å². The molecule has 4 heterocycles. The van der Waals surface area contributed by atoms with Crippen molar-refractivity contribution in [2.75, 3.05) is 28.4 Å². The molecule has 15 heteroatoms. The van der Waals surface area contributed by atoms with Crippen LogP contribution >= 0.6 is 0 Å². The summed E-state index contributed by atoms with van der Waals surface area (Å²) in [7, 11) is 5.40. The van der Waals surface area contributed by atoms with E-state index in [2.05, 4.69) is 34.7 Å². The summed E-state index contributed by atoms with van der Waals surface area (Å²) in [6.07, 6.45) is 4.53. The summed E-state index contributed by atoms with van der Waals surface area (Å²) < 4.78 is 56.7. The van der Waals surface area contributed by atoms with Gasteiger partial charge in [-0.25, -0.2) is 33.4 Å². The highest BCUT2D eigenvalue weighted by molar-refractivity contribution is 5.92. The topological polar surface area (TPSA) is 143 Å². The van der Waals surface area contributed by atoms with E-state index in [0.29, 0.717) is 17.3 Å². The lowest BCUT2D eigenvalue weighted by Crippen LogP contribution is -2.06. The maximum absolute atomic E-state index is 12.8. The van der Waals surface area contributed by atoms with Gasteiger partial charge in [0.05, 0.1) is 53.2 Å². The van der Waals surface area contributed by atoms with Gasteiger partial charge in [0.1, 0.15) is 22.8 Å². The highest BCUT2D eigenvalue weighted by Gasteiger charge is 2.20. The number of halogens is 3. The van der Waals surface area contributed by atoms with Gasteiger partial charge in [-0.05, 0) is 24.3 Å². The Hall–Kier alpha value is -4.95. The number of pyridine rings is 2. The van der Waals surface area contributed by atoms with Crippen LogP contribution in [0.3, 0.4) is 0 Å². The lowest BCUT2D eigenvalue weighted by Gasteiger charge is -2.06. The quantitative estimate of drug-likeness (QED) is 0.307. The number of rotatable bonds is 5. The molecular formula is C22H21F3N6O6. The van der Waals surface area contributed by atoms with Crippen LogP contribution in [0.2, 0.25) is 0 Å². The van der Waals surface area contributed by atoms with Crippen LogP contribution < -0.4 is 9.47 Å². The van der Waals surface area contributed by atoms with E-state index >= 15 is 0 Å². The molecule has 4 aromatic heterocycles. The fourth-order valence-corrected chi connectivity index (χ4v) is 2.48. The molecule has 0 spiro atoms. The SMILES string of the molecule is COC(=O)c1cn[nH]c1OC.COC(=O)c1cnn(-c2ccc(F)cn2)c1OC.Fc1ccc(F)nc1. The molecule has 0 aliphatic carbocycles. The van der Waals surface area contributed by atoms with Crippen molar-refractivity contribution >= 4 is 11.9 Å². The number of nitrogens with one attached hydrogen (secondary N) is 1. The Morgan fingerprint density at radius 3 is 1.89 bits per heavy atom. The molecule has 4 rings (SSSR count). The number of esters is 2. The Bertz CT molecular complexity index is 1270. The normalized spacial score (nSPS) is 9.70. The van der Waals surface area contributed by atoms with Crippen molar-refractivity contribution in [2.45, 2.75) is 0 Å². The van der Waals surface area contributed by atoms with E-state index in [9.17, 15) is 22.8 Å². The van der Waals surface area contributed by atoms with Gasteiger partial charge in [-0.2, -0.15) is 19.3 Å². The van der Waals surface area contributed by atoms with E-state index in [1.807, 2.05) is 0 Å². The first-order valence-electron chi connectivity index (χ1n) is 10.0. The number of nitrogens with zero attached hydrogens (tertiary/aromatic N) is 5. The molecule has 0 bridgehead atoms. The number of carbonyl (C=O) groups is 2. The Kier molecular flexibility index (Phi) is 10.6. The van der Waals surface area contributed by atoms with Crippen LogP contribution in [0, 0.1) is 17.6 Å². The molecule has 0 amide bonds. The number of aromatic amines is 1. The molecule has 12 nitrogen and oxygen atoms in total. The zero-order valence-corrected chi connectivity index (χ0v) is 19.9. The highest BCUT2D eigenvalue weighted by Crippen LogP contribution is 2.22. The van der Waals surface area contributed by atoms with Crippen LogP contribution in [0.4, 0.5) is 13.2 Å². The summed E-state index contributed by atoms with van der Waals surface area (Å²) in [5.41, 5.74) is 0.473. The third-order valence-corrected chi connectivity index (χ3v) is 4.16. The average molecular weight is 522 g/mol. The smallest absolute Gasteiger partial charge is 0.345 e. The zero-order chi connectivity index (χ0) is 27.4. The number of methoxy groups -OCH3 is 4. The zero-order valence-electron chi connectivity index (χ0n) is 19.9. The molecule has 0 saturated carbocycles. The van der Waals surface area contributed by atoms with Gasteiger partial charge in [0.2, 0.25) is 17.7 Å². The van der Waals surface area contributed by atoms with Crippen LogP contribution in [-0.2, 0) is 9.47 Å². The van der Waals surface area contributed by atoms with E-state index < -0.39 is 29.5 Å². The first-order chi connectivity index (χ1) is 17.7. The number of carbonyl (C=O) groups excluding carboxylic acids is 2. The molecule has 0 saturated heterocycles. The Balaban J connectivity index is 0.000000215. The summed E-state index contributed by atoms with van der Waals surface area (Å²) in [5, 5.41) is 10.1. The molecule has 0 fully saturated rings. The van der Waals surface area contributed by atoms with Crippen molar-refractivity contribution < 1.29 is 41.7 Å². The van der Waals surface area contributed by atoms with Crippen LogP contribution in [0.5, 0.6) is 11.8 Å². The maximum atomic E-state index is 12.8. The van der Waals surface area contributed by atoms with E-state index in [1.54, 1.807) is 0 Å². The molecule has 0 aromatic carbocycles. The lowest BCUT2D eigenvalue weighted by molar-refractivity contribution is 0.0587. The standard InChI is InChI=1S/C11H10FN3O3.C6H8N2O3.C5H3F2N/c1-17-10-8(11(16)18-2)6-14-15(10)9-4-3-7(12)5-13-9;1-10-5-4(3-7-8-5)6(9)11-2;6-4-1-2-5(7)8-3-4/h3-6H,1-2H3;3H,1-2H3,(H,7,8);1-3H. The van der Waals surface area contributed by atoms with Crippen molar-refractivity contribution in [2.24, 2.45) is 0 Å². The molecule has 196 valence electrons.